The summed E-state index contributed by atoms with van der Waals surface area (Å²) >= 11 is 0. The van der Waals surface area contributed by atoms with Crippen molar-refractivity contribution < 1.29 is 28.5 Å². The van der Waals surface area contributed by atoms with E-state index in [0.29, 0.717) is 18.8 Å². The van der Waals surface area contributed by atoms with Crippen LogP contribution < -0.4 is 0 Å². The molecule has 0 aliphatic carbocycles. The van der Waals surface area contributed by atoms with Crippen LogP contribution in [0.5, 0.6) is 0 Å². The van der Waals surface area contributed by atoms with E-state index in [9.17, 15) is 9.59 Å². The summed E-state index contributed by atoms with van der Waals surface area (Å²) in [6, 6.07) is 1.49. The van der Waals surface area contributed by atoms with Gasteiger partial charge < -0.3 is 18.9 Å². The number of methoxy groups -OCH3 is 2. The molecule has 7 heteroatoms. The van der Waals surface area contributed by atoms with Gasteiger partial charge in [0.2, 0.25) is 0 Å². The molecule has 2 heterocycles. The van der Waals surface area contributed by atoms with Crippen molar-refractivity contribution in [1.82, 2.24) is 4.98 Å². The average molecular weight is 295 g/mol. The van der Waals surface area contributed by atoms with E-state index in [2.05, 4.69) is 14.5 Å². The van der Waals surface area contributed by atoms with E-state index in [4.69, 9.17) is 9.47 Å². The van der Waals surface area contributed by atoms with Crippen LogP contribution in [0.15, 0.2) is 12.3 Å². The van der Waals surface area contributed by atoms with Crippen LogP contribution in [0.4, 0.5) is 0 Å². The number of hydrogen-bond donors (Lipinski definition) is 0. The zero-order valence-corrected chi connectivity index (χ0v) is 12.0. The second kappa shape index (κ2) is 7.14. The van der Waals surface area contributed by atoms with Gasteiger partial charge in [-0.3, -0.25) is 0 Å². The fourth-order valence-electron chi connectivity index (χ4n) is 1.96. The maximum atomic E-state index is 11.8. The van der Waals surface area contributed by atoms with E-state index < -0.39 is 18.2 Å². The van der Waals surface area contributed by atoms with Crippen molar-refractivity contribution in [1.29, 1.82) is 0 Å². The third-order valence-electron chi connectivity index (χ3n) is 3.04. The van der Waals surface area contributed by atoms with Crippen LogP contribution in [-0.4, -0.2) is 44.4 Å². The lowest BCUT2D eigenvalue weighted by Gasteiger charge is -2.16. The van der Waals surface area contributed by atoms with Crippen molar-refractivity contribution in [3.05, 3.63) is 29.1 Å². The summed E-state index contributed by atoms with van der Waals surface area (Å²) in [7, 11) is 2.45. The van der Waals surface area contributed by atoms with Gasteiger partial charge in [-0.25, -0.2) is 14.6 Å². The van der Waals surface area contributed by atoms with Gasteiger partial charge in [-0.1, -0.05) is 0 Å². The second-order valence-electron chi connectivity index (χ2n) is 4.43. The Kier molecular flexibility index (Phi) is 5.24. The van der Waals surface area contributed by atoms with E-state index in [1.807, 2.05) is 0 Å². The minimum Gasteiger partial charge on any atom is -0.465 e. The SMILES string of the molecule is COC(=O)c1cc(C2OCCCCO2)cnc1C(=O)OC. The lowest BCUT2D eigenvalue weighted by molar-refractivity contribution is -0.130. The van der Waals surface area contributed by atoms with Gasteiger partial charge in [0, 0.05) is 11.8 Å². The Morgan fingerprint density at radius 1 is 1.14 bits per heavy atom. The number of carbonyl (C=O) groups is 2. The maximum Gasteiger partial charge on any atom is 0.357 e. The minimum atomic E-state index is -0.704. The van der Waals surface area contributed by atoms with Crippen LogP contribution in [0.1, 0.15) is 45.5 Å². The molecule has 0 radical (unpaired) electrons. The monoisotopic (exact) mass is 295 g/mol. The quantitative estimate of drug-likeness (QED) is 0.781. The molecule has 0 spiro atoms. The van der Waals surface area contributed by atoms with Gasteiger partial charge >= 0.3 is 11.9 Å². The highest BCUT2D eigenvalue weighted by molar-refractivity contribution is 6.01. The van der Waals surface area contributed by atoms with Gasteiger partial charge in [-0.15, -0.1) is 0 Å². The van der Waals surface area contributed by atoms with Crippen LogP contribution in [0, 0.1) is 0 Å². The molecule has 7 nitrogen and oxygen atoms in total. The molecule has 0 bridgehead atoms. The molecule has 0 N–H and O–H groups in total. The lowest BCUT2D eigenvalue weighted by atomic mass is 10.1. The first-order chi connectivity index (χ1) is 10.2. The van der Waals surface area contributed by atoms with E-state index in [-0.39, 0.29) is 11.3 Å². The van der Waals surface area contributed by atoms with Gasteiger partial charge in [0.15, 0.2) is 12.0 Å². The molecule has 114 valence electrons. The largest absolute Gasteiger partial charge is 0.465 e. The number of hydrogen-bond acceptors (Lipinski definition) is 7. The van der Waals surface area contributed by atoms with Crippen molar-refractivity contribution in [2.24, 2.45) is 0 Å². The van der Waals surface area contributed by atoms with Crippen LogP contribution >= 0.6 is 0 Å². The number of ether oxygens (including phenoxy) is 4. The fraction of sp³-hybridized carbons (Fsp3) is 0.500. The Labute approximate surface area is 122 Å². The highest BCUT2D eigenvalue weighted by atomic mass is 16.7. The molecule has 21 heavy (non-hydrogen) atoms. The number of nitrogens with zero attached hydrogens (tertiary/aromatic N) is 1. The number of rotatable bonds is 3. The summed E-state index contributed by atoms with van der Waals surface area (Å²) in [5, 5.41) is 0. The van der Waals surface area contributed by atoms with E-state index in [0.717, 1.165) is 12.8 Å². The topological polar surface area (TPSA) is 84.0 Å². The molecule has 1 aromatic rings. The number of esters is 2. The normalized spacial score (nSPS) is 16.1. The molecule has 1 aliphatic rings. The smallest absolute Gasteiger partial charge is 0.357 e. The van der Waals surface area contributed by atoms with Crippen molar-refractivity contribution in [2.75, 3.05) is 27.4 Å². The lowest BCUT2D eigenvalue weighted by Crippen LogP contribution is -2.16. The third kappa shape index (κ3) is 3.56. The number of carbonyl (C=O) groups excluding carboxylic acids is 2. The molecule has 0 aromatic carbocycles. The molecule has 0 atom stereocenters. The second-order valence-corrected chi connectivity index (χ2v) is 4.43. The summed E-state index contributed by atoms with van der Waals surface area (Å²) in [6.07, 6.45) is 2.66. The van der Waals surface area contributed by atoms with E-state index in [1.54, 1.807) is 0 Å². The first-order valence-corrected chi connectivity index (χ1v) is 6.57. The molecular weight excluding hydrogens is 278 g/mol. The molecular formula is C14H17NO6. The standard InChI is InChI=1S/C14H17NO6/c1-18-12(16)10-7-9(8-15-11(10)13(17)19-2)14-20-5-3-4-6-21-14/h7-8,14H,3-6H2,1-2H3. The van der Waals surface area contributed by atoms with Crippen molar-refractivity contribution in [3.63, 3.8) is 0 Å². The highest BCUT2D eigenvalue weighted by Crippen LogP contribution is 2.24. The number of pyridine rings is 1. The van der Waals surface area contributed by atoms with Crippen LogP contribution in [0.25, 0.3) is 0 Å². The van der Waals surface area contributed by atoms with E-state index in [1.165, 1.54) is 26.5 Å². The predicted molar refractivity (Wildman–Crippen MR) is 70.8 cm³/mol. The van der Waals surface area contributed by atoms with Crippen LogP contribution in [0.3, 0.4) is 0 Å². The van der Waals surface area contributed by atoms with Gasteiger partial charge in [-0.2, -0.15) is 0 Å². The third-order valence-corrected chi connectivity index (χ3v) is 3.04. The molecule has 1 aromatic heterocycles. The van der Waals surface area contributed by atoms with Gasteiger partial charge in [0.1, 0.15) is 0 Å². The number of aromatic nitrogens is 1. The minimum absolute atomic E-state index is 0.0262. The summed E-state index contributed by atoms with van der Waals surface area (Å²) in [4.78, 5) is 27.4. The molecule has 0 unspecified atom stereocenters. The molecule has 1 aliphatic heterocycles. The van der Waals surface area contributed by atoms with Crippen LogP contribution in [-0.2, 0) is 18.9 Å². The molecule has 0 saturated carbocycles. The Bertz CT molecular complexity index is 522. The summed E-state index contributed by atoms with van der Waals surface area (Å²) in [6.45, 7) is 1.13. The molecule has 0 amide bonds. The summed E-state index contributed by atoms with van der Waals surface area (Å²) in [5.41, 5.74) is 0.491. The molecule has 1 saturated heterocycles. The summed E-state index contributed by atoms with van der Waals surface area (Å²) in [5.74, 6) is -1.37. The summed E-state index contributed by atoms with van der Waals surface area (Å²) < 4.78 is 20.4. The predicted octanol–water partition coefficient (Wildman–Crippen LogP) is 1.48. The zero-order valence-electron chi connectivity index (χ0n) is 12.0. The van der Waals surface area contributed by atoms with Gasteiger partial charge in [0.25, 0.3) is 0 Å². The Morgan fingerprint density at radius 3 is 2.33 bits per heavy atom. The Morgan fingerprint density at radius 2 is 1.76 bits per heavy atom. The van der Waals surface area contributed by atoms with Crippen LogP contribution in [0.2, 0.25) is 0 Å². The van der Waals surface area contributed by atoms with Crippen molar-refractivity contribution in [2.45, 2.75) is 19.1 Å². The molecule has 1 fully saturated rings. The Hall–Kier alpha value is -1.99. The maximum absolute atomic E-state index is 11.8. The van der Waals surface area contributed by atoms with Crippen molar-refractivity contribution >= 4 is 11.9 Å². The average Bonchev–Trinajstić information content (AvgIpc) is 2.82. The zero-order chi connectivity index (χ0) is 15.2. The van der Waals surface area contributed by atoms with Crippen molar-refractivity contribution in [3.8, 4) is 0 Å². The highest BCUT2D eigenvalue weighted by Gasteiger charge is 2.24. The van der Waals surface area contributed by atoms with Gasteiger partial charge in [0.05, 0.1) is 33.0 Å². The first kappa shape index (κ1) is 15.4. The van der Waals surface area contributed by atoms with Gasteiger partial charge in [-0.05, 0) is 18.9 Å². The fourth-order valence-corrected chi connectivity index (χ4v) is 1.96. The van der Waals surface area contributed by atoms with E-state index >= 15 is 0 Å². The Balaban J connectivity index is 2.36. The first-order valence-electron chi connectivity index (χ1n) is 6.57. The molecule has 2 rings (SSSR count).